The number of halogens is 2. The van der Waals surface area contributed by atoms with Crippen molar-refractivity contribution in [3.05, 3.63) is 41.2 Å². The Bertz CT molecular complexity index is 861. The quantitative estimate of drug-likeness (QED) is 0.822. The van der Waals surface area contributed by atoms with Crippen molar-refractivity contribution in [3.63, 3.8) is 0 Å². The van der Waals surface area contributed by atoms with Gasteiger partial charge in [-0.3, -0.25) is 0 Å². The fraction of sp³-hybridized carbons (Fsp3) is 0.500. The van der Waals surface area contributed by atoms with Gasteiger partial charge in [0.15, 0.2) is 5.76 Å². The lowest BCUT2D eigenvalue weighted by Crippen LogP contribution is -2.42. The zero-order valence-electron chi connectivity index (χ0n) is 14.7. The minimum Gasteiger partial charge on any atom is -0.459 e. The van der Waals surface area contributed by atoms with Crippen LogP contribution in [0.15, 0.2) is 22.7 Å². The van der Waals surface area contributed by atoms with Gasteiger partial charge in [0.05, 0.1) is 5.56 Å². The van der Waals surface area contributed by atoms with Gasteiger partial charge in [0.2, 0.25) is 0 Å². The molecule has 3 aliphatic rings. The molecule has 142 valence electrons. The summed E-state index contributed by atoms with van der Waals surface area (Å²) in [7, 11) is 0. The highest BCUT2D eigenvalue weighted by Gasteiger charge is 2.40. The number of hydrogen-bond donors (Lipinski definition) is 1. The van der Waals surface area contributed by atoms with Crippen LogP contribution in [0.1, 0.15) is 60.6 Å². The highest BCUT2D eigenvalue weighted by atomic mass is 19.1. The normalized spacial score (nSPS) is 27.0. The number of esters is 1. The highest BCUT2D eigenvalue weighted by Crippen LogP contribution is 2.45. The largest absolute Gasteiger partial charge is 0.459 e. The van der Waals surface area contributed by atoms with Crippen molar-refractivity contribution in [1.29, 1.82) is 0 Å². The van der Waals surface area contributed by atoms with Gasteiger partial charge in [-0.25, -0.2) is 13.6 Å². The zero-order chi connectivity index (χ0) is 18.5. The molecule has 27 heavy (non-hydrogen) atoms. The molecule has 0 amide bonds. The molecule has 2 aliphatic heterocycles. The average Bonchev–Trinajstić information content (AvgIpc) is 3.30. The molecule has 2 unspecified atom stereocenters. The molecular formula is C20H20F2N2O3. The number of ether oxygens (including phenoxy) is 1. The van der Waals surface area contributed by atoms with Crippen LogP contribution < -0.4 is 5.32 Å². The molecule has 1 aromatic carbocycles. The molecule has 0 spiro atoms. The van der Waals surface area contributed by atoms with Crippen molar-refractivity contribution in [2.24, 2.45) is 0 Å². The third kappa shape index (κ3) is 3.04. The summed E-state index contributed by atoms with van der Waals surface area (Å²) in [4.78, 5) is 13.0. The third-order valence-corrected chi connectivity index (χ3v) is 5.77. The second-order valence-electron chi connectivity index (χ2n) is 7.78. The summed E-state index contributed by atoms with van der Waals surface area (Å²) in [6.45, 7) is 0. The number of rotatable bonds is 4. The van der Waals surface area contributed by atoms with E-state index in [1.807, 2.05) is 0 Å². The van der Waals surface area contributed by atoms with Gasteiger partial charge in [-0.1, -0.05) is 11.2 Å². The molecule has 2 saturated heterocycles. The number of hydrogen-bond acceptors (Lipinski definition) is 5. The van der Waals surface area contributed by atoms with Crippen molar-refractivity contribution in [3.8, 4) is 11.3 Å². The molecule has 7 heteroatoms. The smallest absolute Gasteiger partial charge is 0.344 e. The summed E-state index contributed by atoms with van der Waals surface area (Å²) in [5.41, 5.74) is -0.368. The minimum atomic E-state index is -0.778. The maximum atomic E-state index is 14.3. The van der Waals surface area contributed by atoms with E-state index in [0.717, 1.165) is 50.7 Å². The lowest BCUT2D eigenvalue weighted by Gasteiger charge is -2.28. The summed E-state index contributed by atoms with van der Waals surface area (Å²) in [6.07, 6.45) is 5.23. The lowest BCUT2D eigenvalue weighted by atomic mass is 10.0. The van der Waals surface area contributed by atoms with E-state index in [4.69, 9.17) is 9.26 Å². The van der Waals surface area contributed by atoms with E-state index in [1.54, 1.807) is 0 Å². The van der Waals surface area contributed by atoms with Crippen molar-refractivity contribution in [2.75, 3.05) is 0 Å². The molecule has 2 bridgehead atoms. The molecule has 3 heterocycles. The predicted octanol–water partition coefficient (Wildman–Crippen LogP) is 3.94. The van der Waals surface area contributed by atoms with Crippen molar-refractivity contribution >= 4 is 5.97 Å². The zero-order valence-corrected chi connectivity index (χ0v) is 14.7. The van der Waals surface area contributed by atoms with E-state index in [1.165, 1.54) is 6.07 Å². The van der Waals surface area contributed by atoms with Crippen LogP contribution in [0.4, 0.5) is 8.78 Å². The van der Waals surface area contributed by atoms with Gasteiger partial charge < -0.3 is 14.6 Å². The summed E-state index contributed by atoms with van der Waals surface area (Å²) in [5, 5.41) is 7.36. The summed E-state index contributed by atoms with van der Waals surface area (Å²) in [5.74, 6) is -1.70. The molecule has 2 aromatic rings. The Morgan fingerprint density at radius 2 is 1.78 bits per heavy atom. The van der Waals surface area contributed by atoms with E-state index in [0.29, 0.717) is 17.8 Å². The van der Waals surface area contributed by atoms with Gasteiger partial charge in [0, 0.05) is 18.0 Å². The molecule has 2 atom stereocenters. The summed E-state index contributed by atoms with van der Waals surface area (Å²) >= 11 is 0. The van der Waals surface area contributed by atoms with Crippen LogP contribution in [-0.2, 0) is 4.74 Å². The monoisotopic (exact) mass is 374 g/mol. The first-order valence-electron chi connectivity index (χ1n) is 9.51. The fourth-order valence-corrected chi connectivity index (χ4v) is 4.33. The van der Waals surface area contributed by atoms with Gasteiger partial charge in [-0.15, -0.1) is 0 Å². The Labute approximate surface area is 155 Å². The van der Waals surface area contributed by atoms with E-state index in [9.17, 15) is 13.6 Å². The molecule has 1 saturated carbocycles. The molecule has 1 aliphatic carbocycles. The second-order valence-corrected chi connectivity index (χ2v) is 7.78. The van der Waals surface area contributed by atoms with Crippen LogP contribution >= 0.6 is 0 Å². The van der Waals surface area contributed by atoms with Gasteiger partial charge >= 0.3 is 5.97 Å². The predicted molar refractivity (Wildman–Crippen MR) is 92.2 cm³/mol. The second kappa shape index (κ2) is 6.41. The van der Waals surface area contributed by atoms with E-state index in [-0.39, 0.29) is 28.8 Å². The molecule has 0 radical (unpaired) electrons. The number of piperidine rings is 1. The molecule has 5 nitrogen and oxygen atoms in total. The fourth-order valence-electron chi connectivity index (χ4n) is 4.33. The number of aromatic nitrogens is 1. The first-order valence-corrected chi connectivity index (χ1v) is 9.51. The molecule has 1 N–H and O–H groups in total. The van der Waals surface area contributed by atoms with Crippen molar-refractivity contribution < 1.29 is 22.8 Å². The van der Waals surface area contributed by atoms with E-state index in [2.05, 4.69) is 10.5 Å². The van der Waals surface area contributed by atoms with Gasteiger partial charge in [-0.05, 0) is 50.7 Å². The first kappa shape index (κ1) is 16.9. The van der Waals surface area contributed by atoms with Crippen LogP contribution in [0.2, 0.25) is 0 Å². The summed E-state index contributed by atoms with van der Waals surface area (Å²) < 4.78 is 39.7. The SMILES string of the molecule is O=C(OC1CC2CCC(C1)N2)c1c(-c2c(F)cccc2F)noc1C1CC1. The van der Waals surface area contributed by atoms with Gasteiger partial charge in [0.25, 0.3) is 0 Å². The number of fused-ring (bicyclic) bond motifs is 2. The maximum Gasteiger partial charge on any atom is 0.344 e. The molecular weight excluding hydrogens is 354 g/mol. The highest BCUT2D eigenvalue weighted by molar-refractivity contribution is 5.97. The summed E-state index contributed by atoms with van der Waals surface area (Å²) in [6, 6.07) is 4.30. The average molecular weight is 374 g/mol. The molecule has 1 aromatic heterocycles. The Balaban J connectivity index is 1.49. The Kier molecular flexibility index (Phi) is 4.00. The van der Waals surface area contributed by atoms with Crippen LogP contribution in [-0.4, -0.2) is 29.3 Å². The first-order chi connectivity index (χ1) is 13.1. The van der Waals surface area contributed by atoms with Crippen LogP contribution in [0.25, 0.3) is 11.3 Å². The minimum absolute atomic E-state index is 0.0628. The third-order valence-electron chi connectivity index (χ3n) is 5.77. The van der Waals surface area contributed by atoms with Gasteiger partial charge in [-0.2, -0.15) is 0 Å². The van der Waals surface area contributed by atoms with Crippen LogP contribution in [0.3, 0.4) is 0 Å². The van der Waals surface area contributed by atoms with Crippen molar-refractivity contribution in [2.45, 2.75) is 62.6 Å². The number of carbonyl (C=O) groups excluding carboxylic acids is 1. The van der Waals surface area contributed by atoms with Crippen LogP contribution in [0.5, 0.6) is 0 Å². The molecule has 5 rings (SSSR count). The Morgan fingerprint density at radius 1 is 1.11 bits per heavy atom. The number of benzene rings is 1. The van der Waals surface area contributed by atoms with E-state index >= 15 is 0 Å². The van der Waals surface area contributed by atoms with Crippen LogP contribution in [0, 0.1) is 11.6 Å². The Hall–Kier alpha value is -2.28. The standard InChI is InChI=1S/C20H20F2N2O3/c21-14-2-1-3-15(22)16(14)18-17(19(27-24-18)10-4-5-10)20(25)26-13-8-11-6-7-12(9-13)23-11/h1-3,10-13,23H,4-9H2. The van der Waals surface area contributed by atoms with E-state index < -0.39 is 17.6 Å². The lowest BCUT2D eigenvalue weighted by molar-refractivity contribution is 0.0175. The maximum absolute atomic E-state index is 14.3. The number of carbonyl (C=O) groups is 1. The number of nitrogens with one attached hydrogen (secondary N) is 1. The molecule has 3 fully saturated rings. The Morgan fingerprint density at radius 3 is 2.41 bits per heavy atom. The number of nitrogens with zero attached hydrogens (tertiary/aromatic N) is 1. The topological polar surface area (TPSA) is 64.4 Å². The van der Waals surface area contributed by atoms with Crippen molar-refractivity contribution in [1.82, 2.24) is 10.5 Å². The van der Waals surface area contributed by atoms with Gasteiger partial charge in [0.1, 0.15) is 29.0 Å².